The molecule has 1 heterocycles. The molecule has 2 amide bonds. The first-order valence-corrected chi connectivity index (χ1v) is 9.58. The average molecular weight is 395 g/mol. The van der Waals surface area contributed by atoms with Gasteiger partial charge in [-0.15, -0.1) is 0 Å². The predicted octanol–water partition coefficient (Wildman–Crippen LogP) is 2.52. The van der Waals surface area contributed by atoms with Crippen LogP contribution in [0, 0.1) is 5.92 Å². The Morgan fingerprint density at radius 3 is 2.50 bits per heavy atom. The van der Waals surface area contributed by atoms with Crippen molar-refractivity contribution in [1.82, 2.24) is 15.1 Å². The molecule has 1 aromatic rings. The molecule has 1 N–H and O–H groups in total. The van der Waals surface area contributed by atoms with Gasteiger partial charge in [0.2, 0.25) is 5.91 Å². The minimum atomic E-state index is -4.49. The lowest BCUT2D eigenvalue weighted by atomic mass is 10.0. The first-order chi connectivity index (χ1) is 13.1. The van der Waals surface area contributed by atoms with Crippen LogP contribution >= 0.6 is 0 Å². The lowest BCUT2D eigenvalue weighted by Crippen LogP contribution is -2.57. The molecule has 0 radical (unpaired) electrons. The van der Waals surface area contributed by atoms with Crippen molar-refractivity contribution in [3.8, 4) is 0 Å². The van der Waals surface area contributed by atoms with E-state index < -0.39 is 23.2 Å². The van der Waals surface area contributed by atoms with Crippen molar-refractivity contribution in [1.29, 1.82) is 0 Å². The lowest BCUT2D eigenvalue weighted by molar-refractivity contribution is -0.140. The second kappa shape index (κ2) is 6.47. The molecule has 0 aromatic heterocycles. The van der Waals surface area contributed by atoms with Gasteiger partial charge in [-0.2, -0.15) is 13.2 Å². The summed E-state index contributed by atoms with van der Waals surface area (Å²) < 4.78 is 38.7. The number of nitrogens with one attached hydrogen (secondary N) is 1. The van der Waals surface area contributed by atoms with Crippen LogP contribution in [0.5, 0.6) is 0 Å². The maximum atomic E-state index is 13.1. The van der Waals surface area contributed by atoms with Crippen LogP contribution < -0.4 is 5.32 Å². The van der Waals surface area contributed by atoms with Crippen LogP contribution in [0.1, 0.15) is 41.6 Å². The Morgan fingerprint density at radius 2 is 1.93 bits per heavy atom. The first kappa shape index (κ1) is 19.2. The Kier molecular flexibility index (Phi) is 4.45. The van der Waals surface area contributed by atoms with Gasteiger partial charge in [-0.3, -0.25) is 14.5 Å². The van der Waals surface area contributed by atoms with Crippen molar-refractivity contribution in [2.45, 2.75) is 49.5 Å². The Morgan fingerprint density at radius 1 is 1.21 bits per heavy atom. The van der Waals surface area contributed by atoms with E-state index in [1.807, 2.05) is 23.9 Å². The number of carbonyl (C=O) groups is 2. The third-order valence-corrected chi connectivity index (χ3v) is 6.49. The van der Waals surface area contributed by atoms with Crippen molar-refractivity contribution in [3.05, 3.63) is 35.4 Å². The molecule has 4 rings (SSSR count). The summed E-state index contributed by atoms with van der Waals surface area (Å²) in [4.78, 5) is 29.5. The molecule has 3 fully saturated rings. The number of hydrogen-bond donors (Lipinski definition) is 1. The average Bonchev–Trinajstić information content (AvgIpc) is 3.23. The highest BCUT2D eigenvalue weighted by Gasteiger charge is 2.58. The molecular formula is C20H24F3N3O2. The Bertz CT molecular complexity index is 804. The number of piperidine rings is 1. The summed E-state index contributed by atoms with van der Waals surface area (Å²) in [6.07, 6.45) is -1.21. The summed E-state index contributed by atoms with van der Waals surface area (Å²) in [6, 6.07) is 4.14. The number of likely N-dealkylation sites (tertiary alicyclic amines) is 1. The summed E-state index contributed by atoms with van der Waals surface area (Å²) in [5, 5.41) is 2.88. The van der Waals surface area contributed by atoms with Crippen LogP contribution in [-0.4, -0.2) is 59.9 Å². The zero-order chi connectivity index (χ0) is 20.3. The van der Waals surface area contributed by atoms with E-state index in [4.69, 9.17) is 0 Å². The van der Waals surface area contributed by atoms with Gasteiger partial charge in [0.25, 0.3) is 5.91 Å². The number of carbonyl (C=O) groups excluding carboxylic acids is 2. The van der Waals surface area contributed by atoms with Crippen LogP contribution in [-0.2, 0) is 11.0 Å². The smallest absolute Gasteiger partial charge is 0.347 e. The number of halogens is 3. The van der Waals surface area contributed by atoms with Crippen LogP contribution in [0.3, 0.4) is 0 Å². The number of nitrogens with zero attached hydrogens (tertiary/aromatic N) is 2. The molecule has 5 nitrogen and oxygen atoms in total. The molecule has 28 heavy (non-hydrogen) atoms. The predicted molar refractivity (Wildman–Crippen MR) is 96.6 cm³/mol. The maximum Gasteiger partial charge on any atom is 0.416 e. The fraction of sp³-hybridized carbons (Fsp3) is 0.600. The number of amides is 2. The molecule has 2 bridgehead atoms. The van der Waals surface area contributed by atoms with Gasteiger partial charge in [0.05, 0.1) is 11.6 Å². The van der Waals surface area contributed by atoms with E-state index in [1.54, 1.807) is 0 Å². The first-order valence-electron chi connectivity index (χ1n) is 9.58. The van der Waals surface area contributed by atoms with Gasteiger partial charge < -0.3 is 10.2 Å². The molecule has 1 aromatic carbocycles. The summed E-state index contributed by atoms with van der Waals surface area (Å²) in [5.74, 6) is -0.0773. The van der Waals surface area contributed by atoms with Gasteiger partial charge in [-0.25, -0.2) is 0 Å². The van der Waals surface area contributed by atoms with E-state index in [0.29, 0.717) is 12.5 Å². The molecule has 1 saturated heterocycles. The number of fused-ring (bicyclic) bond motifs is 2. The highest BCUT2D eigenvalue weighted by molar-refractivity contribution is 5.95. The third-order valence-electron chi connectivity index (χ3n) is 6.49. The maximum absolute atomic E-state index is 13.1. The zero-order valence-electron chi connectivity index (χ0n) is 15.9. The fourth-order valence-electron chi connectivity index (χ4n) is 4.74. The quantitative estimate of drug-likeness (QED) is 0.853. The highest BCUT2D eigenvalue weighted by Crippen LogP contribution is 2.46. The number of alkyl halides is 3. The van der Waals surface area contributed by atoms with E-state index in [1.165, 1.54) is 12.1 Å². The minimum absolute atomic E-state index is 0.0116. The van der Waals surface area contributed by atoms with Gasteiger partial charge in [0.15, 0.2) is 0 Å². The Balaban J connectivity index is 1.46. The largest absolute Gasteiger partial charge is 0.416 e. The van der Waals surface area contributed by atoms with Crippen LogP contribution in [0.15, 0.2) is 24.3 Å². The monoisotopic (exact) mass is 395 g/mol. The van der Waals surface area contributed by atoms with Crippen molar-refractivity contribution < 1.29 is 22.8 Å². The number of benzene rings is 1. The van der Waals surface area contributed by atoms with Gasteiger partial charge in [0, 0.05) is 18.2 Å². The summed E-state index contributed by atoms with van der Waals surface area (Å²) in [5.41, 5.74) is -1.27. The molecule has 3 aliphatic rings. The standard InChI is InChI=1S/C20H24F3N3O2/c1-25(2)19(6-7-19)18(28)26-11-12-8-15(16(26)9-12)24-17(27)13-4-3-5-14(10-13)20(21,22)23/h3-5,10,12,15-16H,6-9,11H2,1-2H3,(H,24,27). The molecule has 3 atom stereocenters. The van der Waals surface area contributed by atoms with Gasteiger partial charge in [0.1, 0.15) is 5.54 Å². The van der Waals surface area contributed by atoms with E-state index >= 15 is 0 Å². The second-order valence-electron chi connectivity index (χ2n) is 8.45. The molecule has 8 heteroatoms. The molecule has 152 valence electrons. The van der Waals surface area contributed by atoms with Crippen molar-refractivity contribution in [3.63, 3.8) is 0 Å². The Labute approximate surface area is 161 Å². The van der Waals surface area contributed by atoms with Crippen LogP contribution in [0.25, 0.3) is 0 Å². The van der Waals surface area contributed by atoms with Crippen molar-refractivity contribution in [2.75, 3.05) is 20.6 Å². The second-order valence-corrected chi connectivity index (χ2v) is 8.45. The molecular weight excluding hydrogens is 371 g/mol. The zero-order valence-corrected chi connectivity index (χ0v) is 15.9. The van der Waals surface area contributed by atoms with Gasteiger partial charge in [-0.1, -0.05) is 6.07 Å². The van der Waals surface area contributed by atoms with Crippen LogP contribution in [0.2, 0.25) is 0 Å². The topological polar surface area (TPSA) is 52.7 Å². The van der Waals surface area contributed by atoms with Crippen LogP contribution in [0.4, 0.5) is 13.2 Å². The van der Waals surface area contributed by atoms with Crippen molar-refractivity contribution >= 4 is 11.8 Å². The van der Waals surface area contributed by atoms with E-state index in [2.05, 4.69) is 5.32 Å². The molecule has 2 aliphatic carbocycles. The highest BCUT2D eigenvalue weighted by atomic mass is 19.4. The minimum Gasteiger partial charge on any atom is -0.347 e. The molecule has 0 spiro atoms. The third kappa shape index (κ3) is 3.17. The van der Waals surface area contributed by atoms with Gasteiger partial charge >= 0.3 is 6.18 Å². The number of likely N-dealkylation sites (N-methyl/N-ethyl adjacent to an activating group) is 1. The Hall–Kier alpha value is -2.09. The number of hydrogen-bond acceptors (Lipinski definition) is 3. The SMILES string of the molecule is CN(C)C1(C(=O)N2CC3CC(NC(=O)c4cccc(C(F)(F)F)c4)C2C3)CC1. The summed E-state index contributed by atoms with van der Waals surface area (Å²) in [7, 11) is 3.82. The normalized spacial score (nSPS) is 27.9. The molecule has 2 saturated carbocycles. The van der Waals surface area contributed by atoms with E-state index in [9.17, 15) is 22.8 Å². The van der Waals surface area contributed by atoms with E-state index in [-0.39, 0.29) is 23.6 Å². The number of rotatable bonds is 4. The van der Waals surface area contributed by atoms with Crippen molar-refractivity contribution in [2.24, 2.45) is 5.92 Å². The summed E-state index contributed by atoms with van der Waals surface area (Å²) in [6.45, 7) is 0.703. The van der Waals surface area contributed by atoms with E-state index in [0.717, 1.165) is 37.8 Å². The lowest BCUT2D eigenvalue weighted by Gasteiger charge is -2.37. The molecule has 1 aliphatic heterocycles. The van der Waals surface area contributed by atoms with Gasteiger partial charge in [-0.05, 0) is 63.9 Å². The summed E-state index contributed by atoms with van der Waals surface area (Å²) >= 11 is 0. The fourth-order valence-corrected chi connectivity index (χ4v) is 4.74. The molecule has 3 unspecified atom stereocenters.